The minimum absolute atomic E-state index is 0.129. The van der Waals surface area contributed by atoms with Crippen LogP contribution in [0.2, 0.25) is 0 Å². The molecule has 2 aliphatic rings. The quantitative estimate of drug-likeness (QED) is 0.138. The highest BCUT2D eigenvalue weighted by Gasteiger charge is 2.48. The summed E-state index contributed by atoms with van der Waals surface area (Å²) in [7, 11) is -3.54. The van der Waals surface area contributed by atoms with Gasteiger partial charge in [-0.05, 0) is 57.2 Å². The van der Waals surface area contributed by atoms with Gasteiger partial charge in [-0.15, -0.1) is 0 Å². The lowest BCUT2D eigenvalue weighted by Gasteiger charge is -2.41. The zero-order chi connectivity index (χ0) is 41.6. The fourth-order valence-corrected chi connectivity index (χ4v) is 8.01. The lowest BCUT2D eigenvalue weighted by molar-refractivity contribution is -0.149. The van der Waals surface area contributed by atoms with Gasteiger partial charge in [-0.3, -0.25) is 23.5 Å². The second-order valence-corrected chi connectivity index (χ2v) is 17.7. The predicted octanol–water partition coefficient (Wildman–Crippen LogP) is 3.94. The third-order valence-electron chi connectivity index (χ3n) is 9.97. The molecule has 0 radical (unpaired) electrons. The number of anilines is 1. The van der Waals surface area contributed by atoms with Crippen LogP contribution in [0, 0.1) is 0 Å². The van der Waals surface area contributed by atoms with Crippen LogP contribution >= 0.6 is 0 Å². The maximum Gasteiger partial charge on any atom is 0.408 e. The van der Waals surface area contributed by atoms with E-state index < -0.39 is 76.1 Å². The summed E-state index contributed by atoms with van der Waals surface area (Å²) in [4.78, 5) is 67.7. The van der Waals surface area contributed by atoms with E-state index in [9.17, 15) is 32.4 Å². The van der Waals surface area contributed by atoms with Gasteiger partial charge in [-0.1, -0.05) is 81.1 Å². The van der Waals surface area contributed by atoms with E-state index in [1.165, 1.54) is 10.6 Å². The average molecular weight is 814 g/mol. The highest BCUT2D eigenvalue weighted by molar-refractivity contribution is 7.92. The molecule has 314 valence electrons. The number of ether oxygens (including phenoxy) is 3. The number of unbranched alkanes of at least 4 members (excludes halogenated alkanes) is 4. The summed E-state index contributed by atoms with van der Waals surface area (Å²) in [6, 6.07) is 14.0. The molecule has 2 heterocycles. The highest BCUT2D eigenvalue weighted by Crippen LogP contribution is 2.47. The van der Waals surface area contributed by atoms with Gasteiger partial charge in [-0.25, -0.2) is 13.2 Å². The van der Waals surface area contributed by atoms with E-state index in [2.05, 4.69) is 22.9 Å². The number of sulfonamides is 1. The van der Waals surface area contributed by atoms with Crippen LogP contribution in [0.4, 0.5) is 10.5 Å². The van der Waals surface area contributed by atoms with Crippen molar-refractivity contribution in [1.29, 1.82) is 0 Å². The number of nitrogens with zero attached hydrogens (tertiary/aromatic N) is 2. The number of piperidine rings is 1. The maximum atomic E-state index is 14.2. The number of para-hydroxylation sites is 1. The number of nitrogens with one attached hydrogen (secondary N) is 3. The summed E-state index contributed by atoms with van der Waals surface area (Å²) < 4.78 is 43.5. The number of amides is 4. The molecule has 2 aromatic rings. The fraction of sp³-hybridized carbons (Fsp3) is 0.585. The molecule has 2 aliphatic heterocycles. The molecule has 57 heavy (non-hydrogen) atoms. The summed E-state index contributed by atoms with van der Waals surface area (Å²) in [6.07, 6.45) is 6.09. The Bertz CT molecular complexity index is 1790. The number of carbonyl (C=O) groups excluding carboxylic acids is 5. The lowest BCUT2D eigenvalue weighted by atomic mass is 9.74. The standard InChI is InChI=1S/C41H59N5O10S/c1-6-7-8-9-13-20-36(48)55-28-33(38(50)45-23-21-41(22-24-45)29-46(57(5,52)53)34-19-15-14-18-31(34)41)44-37(49)32(27-54-26-30-16-11-10-12-17-30)43-35(47)25-42-39(51)56-40(2,3)4/h10-12,14-19,32-33H,6-9,13,20-29H2,1-5H3,(H,42,51)(H,43,47)(H,44,49)/t32-,33-/m0/s1. The Morgan fingerprint density at radius 1 is 0.860 bits per heavy atom. The van der Waals surface area contributed by atoms with Gasteiger partial charge >= 0.3 is 12.1 Å². The first-order chi connectivity index (χ1) is 27.0. The van der Waals surface area contributed by atoms with Crippen LogP contribution in [-0.4, -0.2) is 106 Å². The van der Waals surface area contributed by atoms with Crippen LogP contribution in [0.15, 0.2) is 54.6 Å². The van der Waals surface area contributed by atoms with Crippen LogP contribution in [-0.2, 0) is 55.4 Å². The van der Waals surface area contributed by atoms with Crippen molar-refractivity contribution in [1.82, 2.24) is 20.9 Å². The number of esters is 1. The molecule has 0 aromatic heterocycles. The van der Waals surface area contributed by atoms with Crippen molar-refractivity contribution in [3.63, 3.8) is 0 Å². The van der Waals surface area contributed by atoms with Crippen molar-refractivity contribution in [3.8, 4) is 0 Å². The molecular weight excluding hydrogens is 755 g/mol. The zero-order valence-corrected chi connectivity index (χ0v) is 34.7. The molecular formula is C41H59N5O10S. The van der Waals surface area contributed by atoms with E-state index in [-0.39, 0.29) is 39.3 Å². The Labute approximate surface area is 336 Å². The normalized spacial score (nSPS) is 15.9. The van der Waals surface area contributed by atoms with Gasteiger partial charge in [-0.2, -0.15) is 0 Å². The van der Waals surface area contributed by atoms with E-state index in [1.807, 2.05) is 42.5 Å². The van der Waals surface area contributed by atoms with Crippen molar-refractivity contribution in [2.75, 3.05) is 50.0 Å². The molecule has 1 spiro atoms. The molecule has 4 amide bonds. The summed E-state index contributed by atoms with van der Waals surface area (Å²) in [5, 5.41) is 7.65. The molecule has 0 unspecified atom stereocenters. The van der Waals surface area contributed by atoms with Gasteiger partial charge < -0.3 is 35.1 Å². The molecule has 3 N–H and O–H groups in total. The second-order valence-electron chi connectivity index (χ2n) is 15.8. The van der Waals surface area contributed by atoms with E-state index >= 15 is 0 Å². The fourth-order valence-electron chi connectivity index (χ4n) is 7.02. The van der Waals surface area contributed by atoms with Crippen molar-refractivity contribution < 1.29 is 46.6 Å². The molecule has 0 bridgehead atoms. The predicted molar refractivity (Wildman–Crippen MR) is 215 cm³/mol. The van der Waals surface area contributed by atoms with Gasteiger partial charge in [0.2, 0.25) is 27.7 Å². The van der Waals surface area contributed by atoms with E-state index in [4.69, 9.17) is 14.2 Å². The highest BCUT2D eigenvalue weighted by atomic mass is 32.2. The molecule has 1 saturated heterocycles. The van der Waals surface area contributed by atoms with E-state index in [0.29, 0.717) is 24.9 Å². The number of rotatable bonds is 19. The molecule has 2 aromatic carbocycles. The zero-order valence-electron chi connectivity index (χ0n) is 33.8. The van der Waals surface area contributed by atoms with Crippen molar-refractivity contribution in [3.05, 3.63) is 65.7 Å². The minimum Gasteiger partial charge on any atom is -0.463 e. The lowest BCUT2D eigenvalue weighted by Crippen LogP contribution is -2.59. The maximum absolute atomic E-state index is 14.2. The Kier molecular flexibility index (Phi) is 16.3. The Hall–Kier alpha value is -4.70. The van der Waals surface area contributed by atoms with Crippen molar-refractivity contribution in [2.45, 2.75) is 109 Å². The van der Waals surface area contributed by atoms with E-state index in [1.54, 1.807) is 37.8 Å². The number of benzene rings is 2. The van der Waals surface area contributed by atoms with E-state index in [0.717, 1.165) is 36.8 Å². The van der Waals surface area contributed by atoms with Crippen molar-refractivity contribution >= 4 is 45.5 Å². The van der Waals surface area contributed by atoms with Crippen LogP contribution in [0.1, 0.15) is 90.2 Å². The number of carbonyl (C=O) groups is 5. The molecule has 15 nitrogen and oxygen atoms in total. The summed E-state index contributed by atoms with van der Waals surface area (Å²) >= 11 is 0. The first-order valence-corrected chi connectivity index (χ1v) is 21.6. The Morgan fingerprint density at radius 2 is 1.53 bits per heavy atom. The third kappa shape index (κ3) is 13.7. The Balaban J connectivity index is 1.48. The second kappa shape index (κ2) is 20.6. The van der Waals surface area contributed by atoms with Crippen molar-refractivity contribution in [2.24, 2.45) is 0 Å². The largest absolute Gasteiger partial charge is 0.463 e. The molecule has 4 rings (SSSR count). The third-order valence-corrected chi connectivity index (χ3v) is 11.1. The minimum atomic E-state index is -3.54. The molecule has 1 fully saturated rings. The molecule has 2 atom stereocenters. The number of alkyl carbamates (subject to hydrolysis) is 1. The van der Waals surface area contributed by atoms with Crippen LogP contribution in [0.5, 0.6) is 0 Å². The SMILES string of the molecule is CCCCCCCC(=O)OC[C@H](NC(=O)[C@H](COCc1ccccc1)NC(=O)CNC(=O)OC(C)(C)C)C(=O)N1CCC2(CC1)CN(S(C)(=O)=O)c1ccccc12. The first kappa shape index (κ1) is 45.0. The topological polar surface area (TPSA) is 190 Å². The number of hydrogen-bond acceptors (Lipinski definition) is 10. The van der Waals surface area contributed by atoms with Gasteiger partial charge in [0.25, 0.3) is 0 Å². The summed E-state index contributed by atoms with van der Waals surface area (Å²) in [5.41, 5.74) is 1.09. The number of fused-ring (bicyclic) bond motifs is 2. The molecule has 16 heteroatoms. The van der Waals surface area contributed by atoms with Gasteiger partial charge in [0.05, 0.1) is 25.2 Å². The van der Waals surface area contributed by atoms with Crippen LogP contribution in [0.25, 0.3) is 0 Å². The van der Waals surface area contributed by atoms with Gasteiger partial charge in [0, 0.05) is 31.5 Å². The molecule has 0 saturated carbocycles. The van der Waals surface area contributed by atoms with Gasteiger partial charge in [0.1, 0.15) is 30.8 Å². The summed E-state index contributed by atoms with van der Waals surface area (Å²) in [5.74, 6) is -2.45. The van der Waals surface area contributed by atoms with Crippen LogP contribution < -0.4 is 20.3 Å². The Morgan fingerprint density at radius 3 is 2.19 bits per heavy atom. The number of hydrogen-bond donors (Lipinski definition) is 3. The smallest absolute Gasteiger partial charge is 0.408 e. The van der Waals surface area contributed by atoms with Crippen LogP contribution in [0.3, 0.4) is 0 Å². The molecule has 0 aliphatic carbocycles. The monoisotopic (exact) mass is 813 g/mol. The first-order valence-electron chi connectivity index (χ1n) is 19.7. The average Bonchev–Trinajstić information content (AvgIpc) is 3.49. The number of likely N-dealkylation sites (tertiary alicyclic amines) is 1. The van der Waals surface area contributed by atoms with Gasteiger partial charge in [0.15, 0.2) is 0 Å². The summed E-state index contributed by atoms with van der Waals surface area (Å²) in [6.45, 7) is 6.86.